The maximum atomic E-state index is 13.0. The Morgan fingerprint density at radius 1 is 1.22 bits per heavy atom. The predicted octanol–water partition coefficient (Wildman–Crippen LogP) is 2.88. The molecular weight excluding hydrogens is 342 g/mol. The summed E-state index contributed by atoms with van der Waals surface area (Å²) in [6.07, 6.45) is 8.55. The number of urea groups is 1. The molecule has 0 aromatic carbocycles. The molecule has 0 saturated heterocycles. The Bertz CT molecular complexity index is 1030. The zero-order valence-electron chi connectivity index (χ0n) is 15.1. The summed E-state index contributed by atoms with van der Waals surface area (Å²) in [5.41, 5.74) is 4.00. The van der Waals surface area contributed by atoms with E-state index in [0.717, 1.165) is 41.2 Å². The van der Waals surface area contributed by atoms with Crippen LogP contribution in [-0.4, -0.2) is 36.8 Å². The van der Waals surface area contributed by atoms with Crippen LogP contribution in [0.15, 0.2) is 36.9 Å². The van der Waals surface area contributed by atoms with Gasteiger partial charge in [0.25, 0.3) is 0 Å². The lowest BCUT2D eigenvalue weighted by molar-refractivity contribution is 0.248. The Morgan fingerprint density at radius 3 is 2.78 bits per heavy atom. The fourth-order valence-corrected chi connectivity index (χ4v) is 3.93. The van der Waals surface area contributed by atoms with E-state index in [2.05, 4.69) is 26.4 Å². The van der Waals surface area contributed by atoms with E-state index >= 15 is 0 Å². The Balaban J connectivity index is 1.52. The quantitative estimate of drug-likeness (QED) is 0.758. The van der Waals surface area contributed by atoms with Crippen LogP contribution in [0.2, 0.25) is 0 Å². The van der Waals surface area contributed by atoms with Gasteiger partial charge in [-0.25, -0.2) is 14.8 Å². The van der Waals surface area contributed by atoms with E-state index < -0.39 is 0 Å². The zero-order valence-corrected chi connectivity index (χ0v) is 15.1. The monoisotopic (exact) mass is 361 g/mol. The summed E-state index contributed by atoms with van der Waals surface area (Å²) in [4.78, 5) is 27.8. The van der Waals surface area contributed by atoms with Gasteiger partial charge in [0.15, 0.2) is 5.82 Å². The van der Waals surface area contributed by atoms with Crippen LogP contribution < -0.4 is 10.2 Å². The standard InChI is InChI=1S/C19H19N7O/c1-11-14(9-22-25(11)2)15-5-3-13-12-4-6-16(12)26(18(13)23-15)19(27)24-17-10-20-7-8-21-17/h3,5,7-10,12,16H,4,6H2,1-2H3,(H,21,24,27). The molecule has 2 unspecified atom stereocenters. The first-order chi connectivity index (χ1) is 13.1. The highest BCUT2D eigenvalue weighted by molar-refractivity contribution is 6.03. The Kier molecular flexibility index (Phi) is 3.46. The van der Waals surface area contributed by atoms with Crippen LogP contribution in [0.25, 0.3) is 11.3 Å². The largest absolute Gasteiger partial charge is 0.329 e. The van der Waals surface area contributed by atoms with E-state index in [9.17, 15) is 4.79 Å². The average Bonchev–Trinajstić information content (AvgIpc) is 3.09. The van der Waals surface area contributed by atoms with Crippen LogP contribution in [0.1, 0.15) is 30.0 Å². The smallest absolute Gasteiger partial charge is 0.291 e. The van der Waals surface area contributed by atoms with Gasteiger partial charge in [-0.15, -0.1) is 0 Å². The molecule has 3 aromatic rings. The third-order valence-corrected chi connectivity index (χ3v) is 5.63. The first-order valence-electron chi connectivity index (χ1n) is 8.99. The number of aryl methyl sites for hydroxylation is 1. The topological polar surface area (TPSA) is 88.8 Å². The van der Waals surface area contributed by atoms with E-state index in [4.69, 9.17) is 4.98 Å². The molecular formula is C19H19N7O. The van der Waals surface area contributed by atoms with Gasteiger partial charge < -0.3 is 0 Å². The zero-order chi connectivity index (χ0) is 18.5. The van der Waals surface area contributed by atoms with Crippen LogP contribution in [0, 0.1) is 6.92 Å². The van der Waals surface area contributed by atoms with E-state index in [1.54, 1.807) is 17.3 Å². The third kappa shape index (κ3) is 2.40. The van der Waals surface area contributed by atoms with Crippen molar-refractivity contribution in [2.24, 2.45) is 7.05 Å². The minimum Gasteiger partial charge on any atom is -0.291 e. The second-order valence-electron chi connectivity index (χ2n) is 7.02. The van der Waals surface area contributed by atoms with Crippen LogP contribution in [0.5, 0.6) is 0 Å². The number of hydrogen-bond acceptors (Lipinski definition) is 5. The molecule has 2 atom stereocenters. The van der Waals surface area contributed by atoms with Gasteiger partial charge in [0.05, 0.1) is 18.1 Å². The Hall–Kier alpha value is -3.29. The van der Waals surface area contributed by atoms with E-state index in [1.165, 1.54) is 6.20 Å². The van der Waals surface area contributed by atoms with E-state index in [0.29, 0.717) is 11.7 Å². The molecule has 1 aliphatic carbocycles. The maximum Gasteiger partial charge on any atom is 0.329 e. The van der Waals surface area contributed by atoms with Gasteiger partial charge in [-0.2, -0.15) is 5.10 Å². The van der Waals surface area contributed by atoms with Crippen molar-refractivity contribution in [3.8, 4) is 11.3 Å². The number of fused-ring (bicyclic) bond motifs is 3. The maximum absolute atomic E-state index is 13.0. The molecule has 1 fully saturated rings. The van der Waals surface area contributed by atoms with Gasteiger partial charge in [0.2, 0.25) is 0 Å². The van der Waals surface area contributed by atoms with E-state index in [-0.39, 0.29) is 12.1 Å². The molecule has 1 N–H and O–H groups in total. The summed E-state index contributed by atoms with van der Waals surface area (Å²) in [5, 5.41) is 7.15. The van der Waals surface area contributed by atoms with Gasteiger partial charge in [0.1, 0.15) is 5.82 Å². The number of nitrogens with one attached hydrogen (secondary N) is 1. The first-order valence-corrected chi connectivity index (χ1v) is 8.99. The molecule has 0 radical (unpaired) electrons. The molecule has 2 amide bonds. The number of carbonyl (C=O) groups is 1. The molecule has 27 heavy (non-hydrogen) atoms. The number of nitrogens with zero attached hydrogens (tertiary/aromatic N) is 6. The number of pyridine rings is 1. The van der Waals surface area contributed by atoms with Gasteiger partial charge in [-0.1, -0.05) is 6.07 Å². The van der Waals surface area contributed by atoms with Crippen molar-refractivity contribution in [1.82, 2.24) is 24.7 Å². The van der Waals surface area contributed by atoms with Gasteiger partial charge in [0, 0.05) is 48.2 Å². The van der Waals surface area contributed by atoms with Gasteiger partial charge in [-0.3, -0.25) is 19.9 Å². The SMILES string of the molecule is Cc1c(-c2ccc3c(n2)N(C(=O)Nc2cnccn2)C2CCC32)cnn1C. The minimum atomic E-state index is -0.212. The van der Waals surface area contributed by atoms with Gasteiger partial charge in [-0.05, 0) is 25.8 Å². The molecule has 2 aliphatic rings. The molecule has 8 nitrogen and oxygen atoms in total. The lowest BCUT2D eigenvalue weighted by Gasteiger charge is -2.35. The van der Waals surface area contributed by atoms with Crippen molar-refractivity contribution in [1.29, 1.82) is 0 Å². The van der Waals surface area contributed by atoms with Crippen LogP contribution in [0.4, 0.5) is 16.4 Å². The fraction of sp³-hybridized carbons (Fsp3) is 0.316. The molecule has 1 saturated carbocycles. The van der Waals surface area contributed by atoms with Crippen molar-refractivity contribution in [2.75, 3.05) is 10.2 Å². The summed E-state index contributed by atoms with van der Waals surface area (Å²) in [6.45, 7) is 2.01. The number of carbonyl (C=O) groups excluding carboxylic acids is 1. The van der Waals surface area contributed by atoms with Gasteiger partial charge >= 0.3 is 6.03 Å². The Morgan fingerprint density at radius 2 is 2.11 bits per heavy atom. The Labute approximate surface area is 156 Å². The molecule has 8 heteroatoms. The summed E-state index contributed by atoms with van der Waals surface area (Å²) in [7, 11) is 1.91. The third-order valence-electron chi connectivity index (χ3n) is 5.63. The highest BCUT2D eigenvalue weighted by Gasteiger charge is 2.48. The average molecular weight is 361 g/mol. The number of rotatable bonds is 2. The summed E-state index contributed by atoms with van der Waals surface area (Å²) >= 11 is 0. The minimum absolute atomic E-state index is 0.161. The van der Waals surface area contributed by atoms with Crippen molar-refractivity contribution >= 4 is 17.7 Å². The highest BCUT2D eigenvalue weighted by Crippen LogP contribution is 2.51. The van der Waals surface area contributed by atoms with Crippen molar-refractivity contribution in [3.05, 3.63) is 48.2 Å². The fourth-order valence-electron chi connectivity index (χ4n) is 3.93. The normalized spacial score (nSPS) is 20.0. The van der Waals surface area contributed by atoms with Crippen molar-refractivity contribution in [3.63, 3.8) is 0 Å². The number of anilines is 2. The predicted molar refractivity (Wildman–Crippen MR) is 100 cm³/mol. The molecule has 0 bridgehead atoms. The van der Waals surface area contributed by atoms with Crippen LogP contribution in [-0.2, 0) is 7.05 Å². The molecule has 4 heterocycles. The first kappa shape index (κ1) is 15.9. The number of amides is 2. The lowest BCUT2D eigenvalue weighted by atomic mass is 9.78. The van der Waals surface area contributed by atoms with E-state index in [1.807, 2.05) is 30.9 Å². The molecule has 1 aliphatic heterocycles. The number of aromatic nitrogens is 5. The molecule has 0 spiro atoms. The summed E-state index contributed by atoms with van der Waals surface area (Å²) in [5.74, 6) is 1.54. The molecule has 136 valence electrons. The highest BCUT2D eigenvalue weighted by atomic mass is 16.2. The number of hydrogen-bond donors (Lipinski definition) is 1. The van der Waals surface area contributed by atoms with Crippen molar-refractivity contribution in [2.45, 2.75) is 31.7 Å². The van der Waals surface area contributed by atoms with Crippen LogP contribution >= 0.6 is 0 Å². The van der Waals surface area contributed by atoms with Crippen LogP contribution in [0.3, 0.4) is 0 Å². The lowest BCUT2D eigenvalue weighted by Crippen LogP contribution is -2.46. The second kappa shape index (κ2) is 5.87. The summed E-state index contributed by atoms with van der Waals surface area (Å²) in [6, 6.07) is 4.09. The molecule has 5 rings (SSSR count). The molecule has 3 aromatic heterocycles. The summed E-state index contributed by atoms with van der Waals surface area (Å²) < 4.78 is 1.83. The van der Waals surface area contributed by atoms with Crippen molar-refractivity contribution < 1.29 is 4.79 Å². The second-order valence-corrected chi connectivity index (χ2v) is 7.02.